The van der Waals surface area contributed by atoms with Gasteiger partial charge in [-0.1, -0.05) is 23.8 Å². The van der Waals surface area contributed by atoms with E-state index < -0.39 is 5.97 Å². The number of esters is 1. The highest BCUT2D eigenvalue weighted by Gasteiger charge is 2.19. The van der Waals surface area contributed by atoms with Crippen LogP contribution in [-0.4, -0.2) is 30.6 Å². The summed E-state index contributed by atoms with van der Waals surface area (Å²) < 4.78 is 10.0. The molecule has 126 valence electrons. The number of phenolic OH excluding ortho intramolecular Hbond substituents is 1. The monoisotopic (exact) mass is 328 g/mol. The van der Waals surface area contributed by atoms with Gasteiger partial charge in [0.1, 0.15) is 5.56 Å². The molecule has 0 heterocycles. The van der Waals surface area contributed by atoms with Crippen molar-refractivity contribution in [2.45, 2.75) is 20.8 Å². The van der Waals surface area contributed by atoms with E-state index in [1.807, 2.05) is 32.9 Å². The lowest BCUT2D eigenvalue weighted by molar-refractivity contribution is 0.0471. The highest BCUT2D eigenvalue weighted by atomic mass is 16.5. The van der Waals surface area contributed by atoms with Crippen molar-refractivity contribution in [3.63, 3.8) is 0 Å². The lowest BCUT2D eigenvalue weighted by Gasteiger charge is -2.11. The number of rotatable bonds is 5. The summed E-state index contributed by atoms with van der Waals surface area (Å²) in [7, 11) is 1.39. The van der Waals surface area contributed by atoms with Gasteiger partial charge in [0.15, 0.2) is 18.1 Å². The van der Waals surface area contributed by atoms with Gasteiger partial charge in [0, 0.05) is 5.56 Å². The number of hydrogen-bond acceptors (Lipinski definition) is 5. The lowest BCUT2D eigenvalue weighted by Crippen LogP contribution is -2.16. The molecule has 2 rings (SSSR count). The minimum atomic E-state index is -0.776. The first kappa shape index (κ1) is 17.5. The summed E-state index contributed by atoms with van der Waals surface area (Å²) in [6.07, 6.45) is 0. The zero-order valence-electron chi connectivity index (χ0n) is 14.2. The molecule has 0 aliphatic carbocycles. The van der Waals surface area contributed by atoms with Crippen molar-refractivity contribution in [1.82, 2.24) is 0 Å². The normalized spacial score (nSPS) is 10.3. The topological polar surface area (TPSA) is 72.8 Å². The van der Waals surface area contributed by atoms with Gasteiger partial charge in [-0.2, -0.15) is 0 Å². The van der Waals surface area contributed by atoms with Crippen molar-refractivity contribution in [2.75, 3.05) is 13.7 Å². The summed E-state index contributed by atoms with van der Waals surface area (Å²) >= 11 is 0. The molecule has 0 saturated heterocycles. The number of carbonyl (C=O) groups is 2. The first-order chi connectivity index (χ1) is 11.3. The zero-order chi connectivity index (χ0) is 17.9. The van der Waals surface area contributed by atoms with Crippen LogP contribution in [-0.2, 0) is 4.74 Å². The smallest absolute Gasteiger partial charge is 0.342 e. The Hall–Kier alpha value is -2.82. The number of hydrogen-bond donors (Lipinski definition) is 1. The molecule has 0 aliphatic rings. The quantitative estimate of drug-likeness (QED) is 0.673. The van der Waals surface area contributed by atoms with Gasteiger partial charge in [0.2, 0.25) is 5.78 Å². The first-order valence-corrected chi connectivity index (χ1v) is 7.49. The van der Waals surface area contributed by atoms with E-state index in [9.17, 15) is 14.7 Å². The third-order valence-electron chi connectivity index (χ3n) is 3.73. The Balaban J connectivity index is 2.14. The summed E-state index contributed by atoms with van der Waals surface area (Å²) in [5.41, 5.74) is 3.28. The van der Waals surface area contributed by atoms with Crippen molar-refractivity contribution in [3.05, 3.63) is 58.1 Å². The zero-order valence-corrected chi connectivity index (χ0v) is 14.2. The molecule has 0 aromatic heterocycles. The van der Waals surface area contributed by atoms with Crippen LogP contribution in [0.15, 0.2) is 30.3 Å². The molecule has 24 heavy (non-hydrogen) atoms. The molecule has 0 atom stereocenters. The average molecular weight is 328 g/mol. The second-order valence-electron chi connectivity index (χ2n) is 5.63. The minimum Gasteiger partial charge on any atom is -0.504 e. The van der Waals surface area contributed by atoms with Crippen molar-refractivity contribution in [1.29, 1.82) is 0 Å². The summed E-state index contributed by atoms with van der Waals surface area (Å²) in [6, 6.07) is 8.32. The van der Waals surface area contributed by atoms with E-state index in [4.69, 9.17) is 9.47 Å². The maximum absolute atomic E-state index is 12.4. The predicted molar refractivity (Wildman–Crippen MR) is 89.9 cm³/mol. The molecular weight excluding hydrogens is 308 g/mol. The first-order valence-electron chi connectivity index (χ1n) is 7.49. The standard InChI is InChI=1S/C19H20O5/c1-11-8-12(2)17(13(3)9-11)15(20)10-24-19(22)14-6-5-7-16(23-4)18(14)21/h5-9,21H,10H2,1-4H3. The number of Topliss-reactive ketones (excluding diaryl/α,β-unsaturated/α-hetero) is 1. The second-order valence-corrected chi connectivity index (χ2v) is 5.63. The van der Waals surface area contributed by atoms with Gasteiger partial charge in [-0.3, -0.25) is 4.79 Å². The molecule has 5 nitrogen and oxygen atoms in total. The van der Waals surface area contributed by atoms with Gasteiger partial charge in [-0.15, -0.1) is 0 Å². The highest BCUT2D eigenvalue weighted by Crippen LogP contribution is 2.29. The largest absolute Gasteiger partial charge is 0.504 e. The fourth-order valence-corrected chi connectivity index (χ4v) is 2.75. The highest BCUT2D eigenvalue weighted by molar-refractivity contribution is 6.02. The van der Waals surface area contributed by atoms with Crippen molar-refractivity contribution >= 4 is 11.8 Å². The molecule has 0 spiro atoms. The van der Waals surface area contributed by atoms with Crippen molar-refractivity contribution in [3.8, 4) is 11.5 Å². The van der Waals surface area contributed by atoms with Crippen LogP contribution in [0.25, 0.3) is 0 Å². The number of para-hydroxylation sites is 1. The third-order valence-corrected chi connectivity index (χ3v) is 3.73. The van der Waals surface area contributed by atoms with Crippen molar-refractivity contribution < 1.29 is 24.2 Å². The summed E-state index contributed by atoms with van der Waals surface area (Å²) in [5.74, 6) is -1.19. The maximum atomic E-state index is 12.4. The molecule has 0 unspecified atom stereocenters. The van der Waals surface area contributed by atoms with Crippen LogP contribution >= 0.6 is 0 Å². The second kappa shape index (κ2) is 7.17. The van der Waals surface area contributed by atoms with Crippen LogP contribution in [0.4, 0.5) is 0 Å². The SMILES string of the molecule is COc1cccc(C(=O)OCC(=O)c2c(C)cc(C)cc2C)c1O. The van der Waals surface area contributed by atoms with E-state index in [0.717, 1.165) is 16.7 Å². The number of benzene rings is 2. The molecule has 0 amide bonds. The molecule has 2 aromatic carbocycles. The van der Waals surface area contributed by atoms with Crippen molar-refractivity contribution in [2.24, 2.45) is 0 Å². The number of phenols is 1. The predicted octanol–water partition coefficient (Wildman–Crippen LogP) is 3.37. The average Bonchev–Trinajstić information content (AvgIpc) is 2.51. The van der Waals surface area contributed by atoms with Gasteiger partial charge in [-0.05, 0) is 44.0 Å². The van der Waals surface area contributed by atoms with Crippen LogP contribution in [0.3, 0.4) is 0 Å². The molecular formula is C19H20O5. The number of methoxy groups -OCH3 is 1. The molecule has 0 aliphatic heterocycles. The minimum absolute atomic E-state index is 0.0421. The van der Waals surface area contributed by atoms with E-state index in [2.05, 4.69) is 0 Å². The molecule has 2 aromatic rings. The Morgan fingerprint density at radius 3 is 2.29 bits per heavy atom. The summed E-state index contributed by atoms with van der Waals surface area (Å²) in [5, 5.41) is 9.95. The number of carbonyl (C=O) groups excluding carboxylic acids is 2. The van der Waals surface area contributed by atoms with E-state index in [-0.39, 0.29) is 29.5 Å². The number of ether oxygens (including phenoxy) is 2. The summed E-state index contributed by atoms with van der Waals surface area (Å²) in [6.45, 7) is 5.27. The molecule has 0 saturated carbocycles. The van der Waals surface area contributed by atoms with E-state index in [0.29, 0.717) is 5.56 Å². The fourth-order valence-electron chi connectivity index (χ4n) is 2.75. The van der Waals surface area contributed by atoms with Gasteiger partial charge in [0.25, 0.3) is 0 Å². The number of ketones is 1. The van der Waals surface area contributed by atoms with Crippen LogP contribution in [0, 0.1) is 20.8 Å². The Kier molecular flexibility index (Phi) is 5.24. The van der Waals surface area contributed by atoms with Gasteiger partial charge in [0.05, 0.1) is 7.11 Å². The van der Waals surface area contributed by atoms with E-state index >= 15 is 0 Å². The summed E-state index contributed by atoms with van der Waals surface area (Å²) in [4.78, 5) is 24.5. The molecule has 5 heteroatoms. The Bertz CT molecular complexity index is 769. The molecule has 0 bridgehead atoms. The van der Waals surface area contributed by atoms with Gasteiger partial charge in [-0.25, -0.2) is 4.79 Å². The molecule has 0 radical (unpaired) electrons. The van der Waals surface area contributed by atoms with Crippen LogP contribution < -0.4 is 4.74 Å². The van der Waals surface area contributed by atoms with Crippen LogP contribution in [0.2, 0.25) is 0 Å². The third kappa shape index (κ3) is 3.56. The van der Waals surface area contributed by atoms with E-state index in [1.54, 1.807) is 6.07 Å². The number of aryl methyl sites for hydroxylation is 3. The van der Waals surface area contributed by atoms with Crippen LogP contribution in [0.5, 0.6) is 11.5 Å². The van der Waals surface area contributed by atoms with Gasteiger partial charge >= 0.3 is 5.97 Å². The molecule has 1 N–H and O–H groups in total. The Morgan fingerprint density at radius 1 is 1.08 bits per heavy atom. The molecule has 0 fully saturated rings. The Morgan fingerprint density at radius 2 is 1.71 bits per heavy atom. The van der Waals surface area contributed by atoms with Gasteiger partial charge < -0.3 is 14.6 Å². The maximum Gasteiger partial charge on any atom is 0.342 e. The lowest BCUT2D eigenvalue weighted by atomic mass is 9.97. The Labute approximate surface area is 140 Å². The van der Waals surface area contributed by atoms with E-state index in [1.165, 1.54) is 19.2 Å². The van der Waals surface area contributed by atoms with Crippen LogP contribution in [0.1, 0.15) is 37.4 Å². The fraction of sp³-hybridized carbons (Fsp3) is 0.263. The number of aromatic hydroxyl groups is 1.